The molecule has 1 aliphatic rings. The summed E-state index contributed by atoms with van der Waals surface area (Å²) in [6.45, 7) is 4.98. The van der Waals surface area contributed by atoms with Crippen LogP contribution in [0.4, 0.5) is 13.2 Å². The van der Waals surface area contributed by atoms with Crippen molar-refractivity contribution >= 4 is 11.9 Å². The number of hydrogen-bond donors (Lipinski definition) is 2. The van der Waals surface area contributed by atoms with Gasteiger partial charge in [-0.15, -0.1) is 0 Å². The molecule has 1 aromatic carbocycles. The van der Waals surface area contributed by atoms with Gasteiger partial charge in [-0.3, -0.25) is 4.79 Å². The molecule has 0 radical (unpaired) electrons. The number of carbonyl (C=O) groups is 1. The van der Waals surface area contributed by atoms with E-state index < -0.39 is 11.7 Å². The zero-order valence-electron chi connectivity index (χ0n) is 17.3. The van der Waals surface area contributed by atoms with Crippen LogP contribution in [0.25, 0.3) is 0 Å². The first-order chi connectivity index (χ1) is 14.3. The molecule has 8 heteroatoms. The Morgan fingerprint density at radius 3 is 2.60 bits per heavy atom. The number of nitrogens with one attached hydrogen (secondary N) is 2. The lowest BCUT2D eigenvalue weighted by atomic mass is 9.86. The second-order valence-electron chi connectivity index (χ2n) is 7.02. The second kappa shape index (κ2) is 11.5. The molecule has 1 aromatic rings. The van der Waals surface area contributed by atoms with Gasteiger partial charge in [0.1, 0.15) is 6.54 Å². The van der Waals surface area contributed by atoms with Crippen LogP contribution in [0.3, 0.4) is 0 Å². The highest BCUT2D eigenvalue weighted by atomic mass is 19.4. The van der Waals surface area contributed by atoms with E-state index in [4.69, 9.17) is 4.74 Å². The minimum atomic E-state index is -4.38. The van der Waals surface area contributed by atoms with Crippen molar-refractivity contribution in [3.8, 4) is 11.8 Å². The summed E-state index contributed by atoms with van der Waals surface area (Å²) in [6.07, 6.45) is -1.17. The summed E-state index contributed by atoms with van der Waals surface area (Å²) >= 11 is 0. The van der Waals surface area contributed by atoms with Gasteiger partial charge in [-0.1, -0.05) is 17.9 Å². The van der Waals surface area contributed by atoms with Crippen LogP contribution < -0.4 is 10.6 Å². The number of aliphatic imine (C=N–C) groups is 1. The van der Waals surface area contributed by atoms with Crippen molar-refractivity contribution in [3.05, 3.63) is 35.4 Å². The molecule has 0 amide bonds. The normalized spacial score (nSPS) is 19.4. The molecular formula is C22H28F3N3O2. The average Bonchev–Trinajstić information content (AvgIpc) is 2.71. The average molecular weight is 423 g/mol. The van der Waals surface area contributed by atoms with E-state index in [2.05, 4.69) is 27.5 Å². The number of rotatable bonds is 5. The fourth-order valence-corrected chi connectivity index (χ4v) is 3.28. The Kier molecular flexibility index (Phi) is 9.03. The van der Waals surface area contributed by atoms with Crippen LogP contribution in [0.5, 0.6) is 0 Å². The smallest absolute Gasteiger partial charge is 0.416 e. The highest BCUT2D eigenvalue weighted by Gasteiger charge is 2.30. The van der Waals surface area contributed by atoms with Crippen molar-refractivity contribution in [3.63, 3.8) is 0 Å². The lowest BCUT2D eigenvalue weighted by Crippen LogP contribution is -2.45. The van der Waals surface area contributed by atoms with Gasteiger partial charge in [0.25, 0.3) is 0 Å². The molecule has 0 heterocycles. The van der Waals surface area contributed by atoms with Gasteiger partial charge in [0.15, 0.2) is 5.96 Å². The second-order valence-corrected chi connectivity index (χ2v) is 7.02. The van der Waals surface area contributed by atoms with E-state index in [-0.39, 0.29) is 24.5 Å². The quantitative estimate of drug-likeness (QED) is 0.328. The van der Waals surface area contributed by atoms with Gasteiger partial charge in [-0.25, -0.2) is 4.99 Å². The molecule has 0 spiro atoms. The standard InChI is InChI=1S/C22H28F3N3O2/c1-3-26-21(28-19-12-10-17(11-13-19)20(29)30-4-2)27-14-6-8-16-7-5-9-18(15-16)22(23,24)25/h5,7,9,15,17,19H,3-4,10-14H2,1-2H3,(H2,26,27,28). The molecule has 1 aliphatic carbocycles. The fourth-order valence-electron chi connectivity index (χ4n) is 3.28. The monoisotopic (exact) mass is 423 g/mol. The lowest BCUT2D eigenvalue weighted by molar-refractivity contribution is -0.149. The van der Waals surface area contributed by atoms with Crippen molar-refractivity contribution in [1.29, 1.82) is 0 Å². The molecule has 5 nitrogen and oxygen atoms in total. The number of nitrogens with zero attached hydrogens (tertiary/aromatic N) is 1. The number of halogens is 3. The number of carbonyl (C=O) groups excluding carboxylic acids is 1. The Bertz CT molecular complexity index is 789. The minimum Gasteiger partial charge on any atom is -0.466 e. The highest BCUT2D eigenvalue weighted by Crippen LogP contribution is 2.29. The van der Waals surface area contributed by atoms with E-state index in [1.54, 1.807) is 6.92 Å². The van der Waals surface area contributed by atoms with Crippen molar-refractivity contribution in [2.24, 2.45) is 10.9 Å². The molecule has 2 N–H and O–H groups in total. The van der Waals surface area contributed by atoms with Gasteiger partial charge in [-0.05, 0) is 57.7 Å². The van der Waals surface area contributed by atoms with E-state index in [9.17, 15) is 18.0 Å². The molecule has 164 valence electrons. The van der Waals surface area contributed by atoms with E-state index in [0.717, 1.165) is 37.8 Å². The van der Waals surface area contributed by atoms with Gasteiger partial charge in [0, 0.05) is 18.2 Å². The number of benzene rings is 1. The third-order valence-corrected chi connectivity index (χ3v) is 4.77. The van der Waals surface area contributed by atoms with Gasteiger partial charge in [0.05, 0.1) is 18.1 Å². The van der Waals surface area contributed by atoms with Crippen LogP contribution in [-0.2, 0) is 15.7 Å². The SMILES string of the molecule is CCNC(=NCC#Cc1cccc(C(F)(F)F)c1)NC1CCC(C(=O)OCC)CC1. The summed E-state index contributed by atoms with van der Waals surface area (Å²) in [5, 5.41) is 6.49. The Hall–Kier alpha value is -2.69. The maximum absolute atomic E-state index is 12.8. The third kappa shape index (κ3) is 7.62. The Labute approximate surface area is 175 Å². The minimum absolute atomic E-state index is 0.0409. The lowest BCUT2D eigenvalue weighted by Gasteiger charge is -2.29. The zero-order chi connectivity index (χ0) is 22.0. The molecule has 0 bridgehead atoms. The Morgan fingerprint density at radius 2 is 1.97 bits per heavy atom. The van der Waals surface area contributed by atoms with Crippen LogP contribution in [0, 0.1) is 17.8 Å². The molecule has 1 fully saturated rings. The van der Waals surface area contributed by atoms with Crippen LogP contribution in [0.15, 0.2) is 29.3 Å². The molecule has 1 saturated carbocycles. The number of alkyl halides is 3. The molecule has 2 rings (SSSR count). The molecule has 0 aromatic heterocycles. The molecular weight excluding hydrogens is 395 g/mol. The van der Waals surface area contributed by atoms with Gasteiger partial charge < -0.3 is 15.4 Å². The number of hydrogen-bond acceptors (Lipinski definition) is 3. The number of esters is 1. The summed E-state index contributed by atoms with van der Waals surface area (Å²) in [7, 11) is 0. The van der Waals surface area contributed by atoms with E-state index in [0.29, 0.717) is 24.7 Å². The van der Waals surface area contributed by atoms with Crippen LogP contribution in [0.1, 0.15) is 50.7 Å². The maximum atomic E-state index is 12.8. The van der Waals surface area contributed by atoms with Crippen molar-refractivity contribution in [2.75, 3.05) is 19.7 Å². The predicted molar refractivity (Wildman–Crippen MR) is 110 cm³/mol. The summed E-state index contributed by atoms with van der Waals surface area (Å²) in [5.74, 6) is 5.96. The van der Waals surface area contributed by atoms with E-state index in [1.165, 1.54) is 12.1 Å². The number of guanidine groups is 1. The number of ether oxygens (including phenoxy) is 1. The van der Waals surface area contributed by atoms with Gasteiger partial charge >= 0.3 is 12.1 Å². The molecule has 30 heavy (non-hydrogen) atoms. The van der Waals surface area contributed by atoms with Crippen molar-refractivity contribution < 1.29 is 22.7 Å². The van der Waals surface area contributed by atoms with Crippen LogP contribution in [0.2, 0.25) is 0 Å². The summed E-state index contributed by atoms with van der Waals surface area (Å²) in [5.41, 5.74) is -0.415. The summed E-state index contributed by atoms with van der Waals surface area (Å²) in [4.78, 5) is 16.2. The first kappa shape index (κ1) is 23.6. The molecule has 0 atom stereocenters. The first-order valence-electron chi connectivity index (χ1n) is 10.2. The van der Waals surface area contributed by atoms with E-state index in [1.807, 2.05) is 6.92 Å². The first-order valence-corrected chi connectivity index (χ1v) is 10.2. The van der Waals surface area contributed by atoms with Crippen molar-refractivity contribution in [2.45, 2.75) is 51.7 Å². The predicted octanol–water partition coefficient (Wildman–Crippen LogP) is 3.73. The summed E-state index contributed by atoms with van der Waals surface area (Å²) < 4.78 is 43.4. The van der Waals surface area contributed by atoms with Gasteiger partial charge in [0.2, 0.25) is 0 Å². The zero-order valence-corrected chi connectivity index (χ0v) is 17.3. The molecule has 0 unspecified atom stereocenters. The Balaban J connectivity index is 1.90. The van der Waals surface area contributed by atoms with Gasteiger partial charge in [-0.2, -0.15) is 13.2 Å². The van der Waals surface area contributed by atoms with E-state index >= 15 is 0 Å². The van der Waals surface area contributed by atoms with Crippen LogP contribution in [-0.4, -0.2) is 37.7 Å². The van der Waals surface area contributed by atoms with Crippen LogP contribution >= 0.6 is 0 Å². The van der Waals surface area contributed by atoms with Crippen molar-refractivity contribution in [1.82, 2.24) is 10.6 Å². The molecule has 0 aliphatic heterocycles. The third-order valence-electron chi connectivity index (χ3n) is 4.77. The maximum Gasteiger partial charge on any atom is 0.416 e. The topological polar surface area (TPSA) is 62.7 Å². The molecule has 0 saturated heterocycles. The fraction of sp³-hybridized carbons (Fsp3) is 0.545. The highest BCUT2D eigenvalue weighted by molar-refractivity contribution is 5.80. The Morgan fingerprint density at radius 1 is 1.23 bits per heavy atom. The summed E-state index contributed by atoms with van der Waals surface area (Å²) in [6, 6.07) is 5.13. The largest absolute Gasteiger partial charge is 0.466 e.